The highest BCUT2D eigenvalue weighted by Gasteiger charge is 2.40. The number of likely N-dealkylation sites (tertiary alicyclic amines) is 1. The molecule has 6 rings (SSSR count). The maximum atomic E-state index is 13.7. The van der Waals surface area contributed by atoms with Gasteiger partial charge in [0, 0.05) is 49.4 Å². The van der Waals surface area contributed by atoms with Gasteiger partial charge in [-0.25, -0.2) is 9.97 Å². The second-order valence-electron chi connectivity index (χ2n) is 11.2. The van der Waals surface area contributed by atoms with Crippen LogP contribution in [0.5, 0.6) is 5.75 Å². The third-order valence-corrected chi connectivity index (χ3v) is 8.33. The summed E-state index contributed by atoms with van der Waals surface area (Å²) in [4.78, 5) is 27.7. The number of nitrogens with zero attached hydrogens (tertiary/aromatic N) is 6. The average Bonchev–Trinajstić information content (AvgIpc) is 3.44. The number of carbonyl (C=O) groups excluding carboxylic acids is 1. The number of ether oxygens (including phenoxy) is 1. The quantitative estimate of drug-likeness (QED) is 0.392. The van der Waals surface area contributed by atoms with Gasteiger partial charge in [0.2, 0.25) is 0 Å². The summed E-state index contributed by atoms with van der Waals surface area (Å²) in [6.45, 7) is 6.05. The number of hydrogen-bond donors (Lipinski definition) is 0. The molecule has 8 nitrogen and oxygen atoms in total. The Morgan fingerprint density at radius 1 is 1.19 bits per heavy atom. The van der Waals surface area contributed by atoms with Crippen LogP contribution in [0.25, 0.3) is 33.6 Å². The maximum absolute atomic E-state index is 13.7. The minimum atomic E-state index is 0.0307. The highest BCUT2D eigenvalue weighted by atomic mass is 16.5. The van der Waals surface area contributed by atoms with E-state index in [0.29, 0.717) is 29.2 Å². The highest BCUT2D eigenvalue weighted by Crippen LogP contribution is 2.38. The number of amides is 1. The smallest absolute Gasteiger partial charge is 0.254 e. The molecule has 8 heteroatoms. The van der Waals surface area contributed by atoms with E-state index in [4.69, 9.17) is 9.72 Å². The van der Waals surface area contributed by atoms with Crippen molar-refractivity contribution >= 4 is 28.0 Å². The fourth-order valence-corrected chi connectivity index (χ4v) is 6.45. The standard InChI is InChI=1S/C29H36N6O2/c1-17-15-34(18(2)25(17)32(3)4)29(36)21-12-22-26(24(14-21)37-6)33(5)28(31-22)23-13-20-8-7-11-30-27(20)35(23)16-19-9-10-19/h7-8,11-14,17-19,25H,9-10,15-16H2,1-6H3/t17-,18-,25-/m1/s1. The third kappa shape index (κ3) is 3.89. The molecule has 1 aliphatic carbocycles. The summed E-state index contributed by atoms with van der Waals surface area (Å²) in [7, 11) is 7.86. The second kappa shape index (κ2) is 8.87. The van der Waals surface area contributed by atoms with Crippen LogP contribution in [0.4, 0.5) is 0 Å². The van der Waals surface area contributed by atoms with Crippen molar-refractivity contribution in [2.24, 2.45) is 18.9 Å². The van der Waals surface area contributed by atoms with E-state index in [2.05, 4.69) is 59.1 Å². The van der Waals surface area contributed by atoms with E-state index >= 15 is 0 Å². The molecule has 1 aromatic carbocycles. The van der Waals surface area contributed by atoms with Gasteiger partial charge in [-0.05, 0) is 76.0 Å². The molecular formula is C29H36N6O2. The summed E-state index contributed by atoms with van der Waals surface area (Å²) < 4.78 is 10.2. The van der Waals surface area contributed by atoms with Crippen molar-refractivity contribution in [3.63, 3.8) is 0 Å². The molecule has 2 fully saturated rings. The molecule has 1 aliphatic heterocycles. The summed E-state index contributed by atoms with van der Waals surface area (Å²) in [5.41, 5.74) is 4.31. The van der Waals surface area contributed by atoms with Gasteiger partial charge in [0.25, 0.3) is 5.91 Å². The number of benzene rings is 1. The van der Waals surface area contributed by atoms with Gasteiger partial charge in [0.15, 0.2) is 5.82 Å². The molecule has 1 saturated carbocycles. The van der Waals surface area contributed by atoms with Crippen LogP contribution >= 0.6 is 0 Å². The average molecular weight is 501 g/mol. The lowest BCUT2D eigenvalue weighted by Gasteiger charge is -2.29. The Balaban J connectivity index is 1.45. The van der Waals surface area contributed by atoms with Crippen LogP contribution in [0, 0.1) is 11.8 Å². The molecule has 0 radical (unpaired) electrons. The first-order chi connectivity index (χ1) is 17.8. The highest BCUT2D eigenvalue weighted by molar-refractivity contribution is 6.00. The SMILES string of the molecule is COc1cc(C(=O)N2C[C@@H](C)[C@@H](N(C)C)[C@H]2C)cc2nc(-c3cc4cccnc4n3CC3CC3)n(C)c12. The molecule has 4 heterocycles. The summed E-state index contributed by atoms with van der Waals surface area (Å²) >= 11 is 0. The van der Waals surface area contributed by atoms with Crippen LogP contribution in [-0.2, 0) is 13.6 Å². The lowest BCUT2D eigenvalue weighted by atomic mass is 10.0. The van der Waals surface area contributed by atoms with Gasteiger partial charge in [-0.1, -0.05) is 6.92 Å². The summed E-state index contributed by atoms with van der Waals surface area (Å²) in [6, 6.07) is 10.5. The van der Waals surface area contributed by atoms with Crippen LogP contribution < -0.4 is 4.74 Å². The van der Waals surface area contributed by atoms with Crippen LogP contribution in [0.1, 0.15) is 37.0 Å². The number of fused-ring (bicyclic) bond motifs is 2. The topological polar surface area (TPSA) is 68.4 Å². The number of rotatable bonds is 6. The van der Waals surface area contributed by atoms with Gasteiger partial charge in [0.05, 0.1) is 18.3 Å². The number of methoxy groups -OCH3 is 1. The third-order valence-electron chi connectivity index (χ3n) is 8.33. The van der Waals surface area contributed by atoms with E-state index in [1.54, 1.807) is 7.11 Å². The van der Waals surface area contributed by atoms with Gasteiger partial charge < -0.3 is 23.7 Å². The number of imidazole rings is 1. The van der Waals surface area contributed by atoms with Gasteiger partial charge in [-0.2, -0.15) is 0 Å². The molecule has 0 unspecified atom stereocenters. The maximum Gasteiger partial charge on any atom is 0.254 e. The van der Waals surface area contributed by atoms with E-state index in [1.807, 2.05) is 36.3 Å². The molecule has 3 aromatic heterocycles. The summed E-state index contributed by atoms with van der Waals surface area (Å²) in [5.74, 6) is 2.65. The Kier molecular flexibility index (Phi) is 5.75. The Labute approximate surface area is 217 Å². The lowest BCUT2D eigenvalue weighted by molar-refractivity contribution is 0.0720. The van der Waals surface area contributed by atoms with Gasteiger partial charge in [0.1, 0.15) is 16.9 Å². The Bertz CT molecular complexity index is 1500. The van der Waals surface area contributed by atoms with Gasteiger partial charge in [-0.3, -0.25) is 4.79 Å². The first-order valence-electron chi connectivity index (χ1n) is 13.2. The van der Waals surface area contributed by atoms with Crippen LogP contribution in [0.15, 0.2) is 36.5 Å². The van der Waals surface area contributed by atoms with Gasteiger partial charge >= 0.3 is 0 Å². The fraction of sp³-hybridized carbons (Fsp3) is 0.483. The van der Waals surface area contributed by atoms with Crippen LogP contribution in [0.3, 0.4) is 0 Å². The van der Waals surface area contributed by atoms with E-state index < -0.39 is 0 Å². The normalized spacial score (nSPS) is 22.0. The van der Waals surface area contributed by atoms with Crippen LogP contribution in [-0.4, -0.2) is 74.6 Å². The Morgan fingerprint density at radius 3 is 2.65 bits per heavy atom. The van der Waals surface area contributed by atoms with E-state index in [0.717, 1.165) is 46.7 Å². The zero-order valence-electron chi connectivity index (χ0n) is 22.6. The molecule has 0 N–H and O–H groups in total. The van der Waals surface area contributed by atoms with Crippen molar-refractivity contribution in [1.29, 1.82) is 0 Å². The van der Waals surface area contributed by atoms with Crippen molar-refractivity contribution < 1.29 is 9.53 Å². The van der Waals surface area contributed by atoms with E-state index in [9.17, 15) is 4.79 Å². The van der Waals surface area contributed by atoms with Crippen molar-refractivity contribution in [3.05, 3.63) is 42.1 Å². The molecular weight excluding hydrogens is 464 g/mol. The number of carbonyl (C=O) groups is 1. The number of aryl methyl sites for hydroxylation is 1. The summed E-state index contributed by atoms with van der Waals surface area (Å²) in [6.07, 6.45) is 4.37. The molecule has 4 aromatic rings. The van der Waals surface area contributed by atoms with E-state index in [1.165, 1.54) is 12.8 Å². The lowest BCUT2D eigenvalue weighted by Crippen LogP contribution is -2.43. The first kappa shape index (κ1) is 24.0. The largest absolute Gasteiger partial charge is 0.494 e. The zero-order valence-corrected chi connectivity index (χ0v) is 22.6. The first-order valence-corrected chi connectivity index (χ1v) is 13.2. The van der Waals surface area contributed by atoms with Crippen LogP contribution in [0.2, 0.25) is 0 Å². The molecule has 0 bridgehead atoms. The minimum Gasteiger partial charge on any atom is -0.494 e. The van der Waals surface area contributed by atoms with Crippen molar-refractivity contribution in [1.82, 2.24) is 28.9 Å². The monoisotopic (exact) mass is 500 g/mol. The fourth-order valence-electron chi connectivity index (χ4n) is 6.45. The number of aromatic nitrogens is 4. The molecule has 194 valence electrons. The minimum absolute atomic E-state index is 0.0307. The predicted octanol–water partition coefficient (Wildman–Crippen LogP) is 4.42. The molecule has 1 amide bonds. The van der Waals surface area contributed by atoms with Crippen molar-refractivity contribution in [3.8, 4) is 17.3 Å². The Hall–Kier alpha value is -3.39. The second-order valence-corrected chi connectivity index (χ2v) is 11.2. The molecule has 3 atom stereocenters. The van der Waals surface area contributed by atoms with Gasteiger partial charge in [-0.15, -0.1) is 0 Å². The molecule has 37 heavy (non-hydrogen) atoms. The number of likely N-dealkylation sites (N-methyl/N-ethyl adjacent to an activating group) is 1. The zero-order chi connectivity index (χ0) is 26.0. The Morgan fingerprint density at radius 2 is 1.97 bits per heavy atom. The molecule has 0 spiro atoms. The predicted molar refractivity (Wildman–Crippen MR) is 146 cm³/mol. The summed E-state index contributed by atoms with van der Waals surface area (Å²) in [5, 5.41) is 1.11. The van der Waals surface area contributed by atoms with Crippen molar-refractivity contribution in [2.75, 3.05) is 27.7 Å². The molecule has 2 aliphatic rings. The number of hydrogen-bond acceptors (Lipinski definition) is 5. The van der Waals surface area contributed by atoms with E-state index in [-0.39, 0.29) is 11.9 Å². The molecule has 1 saturated heterocycles. The van der Waals surface area contributed by atoms with Crippen molar-refractivity contribution in [2.45, 2.75) is 45.3 Å². The number of pyridine rings is 1.